The molecule has 3 rings (SSSR count). The van der Waals surface area contributed by atoms with Crippen LogP contribution in [-0.2, 0) is 16.0 Å². The maximum absolute atomic E-state index is 12.8. The van der Waals surface area contributed by atoms with Gasteiger partial charge >= 0.3 is 5.97 Å². The van der Waals surface area contributed by atoms with E-state index in [1.807, 2.05) is 26.2 Å². The van der Waals surface area contributed by atoms with Gasteiger partial charge in [-0.05, 0) is 51.5 Å². The maximum atomic E-state index is 12.8. The Hall–Kier alpha value is -2.63. The lowest BCUT2D eigenvalue weighted by Gasteiger charge is -2.11. The number of esters is 1. The minimum absolute atomic E-state index is 0.182. The Labute approximate surface area is 186 Å². The summed E-state index contributed by atoms with van der Waals surface area (Å²) in [5.74, 6) is -0.603. The molecule has 0 atom stereocenters. The second-order valence-electron chi connectivity index (χ2n) is 7.65. The lowest BCUT2D eigenvalue weighted by Crippen LogP contribution is -2.17. The zero-order valence-corrected chi connectivity index (χ0v) is 19.2. The number of Topliss-reactive ketones (excluding diaryl/α,β-unsaturated/α-hetero) is 1. The Bertz CT molecular complexity index is 1030. The minimum Gasteiger partial charge on any atom is -0.454 e. The van der Waals surface area contributed by atoms with Crippen molar-refractivity contribution >= 4 is 23.5 Å². The summed E-state index contributed by atoms with van der Waals surface area (Å²) in [6.45, 7) is 4.86. The Morgan fingerprint density at radius 3 is 2.65 bits per heavy atom. The molecule has 2 aromatic heterocycles. The molecule has 7 nitrogen and oxygen atoms in total. The molecule has 164 valence electrons. The second kappa shape index (κ2) is 10.1. The van der Waals surface area contributed by atoms with Gasteiger partial charge in [-0.25, -0.2) is 9.78 Å². The number of aryl methyl sites for hydroxylation is 1. The van der Waals surface area contributed by atoms with E-state index < -0.39 is 5.97 Å². The summed E-state index contributed by atoms with van der Waals surface area (Å²) in [6, 6.07) is 5.53. The lowest BCUT2D eigenvalue weighted by molar-refractivity contribution is 0.0473. The third-order valence-electron chi connectivity index (χ3n) is 5.47. The van der Waals surface area contributed by atoms with Crippen molar-refractivity contribution in [1.29, 1.82) is 5.26 Å². The van der Waals surface area contributed by atoms with Gasteiger partial charge in [-0.15, -0.1) is 11.8 Å². The third-order valence-corrected chi connectivity index (χ3v) is 6.15. The predicted octanol–water partition coefficient (Wildman–Crippen LogP) is 4.05. The molecule has 0 aromatic carbocycles. The molecular formula is C23H27N3O4S. The summed E-state index contributed by atoms with van der Waals surface area (Å²) in [6.07, 6.45) is 4.72. The average Bonchev–Trinajstić information content (AvgIpc) is 3.58. The van der Waals surface area contributed by atoms with Crippen LogP contribution < -0.4 is 0 Å². The van der Waals surface area contributed by atoms with Gasteiger partial charge in [-0.1, -0.05) is 0 Å². The smallest absolute Gasteiger partial charge is 0.340 e. The van der Waals surface area contributed by atoms with Gasteiger partial charge in [0.05, 0.1) is 11.1 Å². The molecule has 31 heavy (non-hydrogen) atoms. The van der Waals surface area contributed by atoms with Crippen molar-refractivity contribution < 1.29 is 19.1 Å². The van der Waals surface area contributed by atoms with E-state index in [9.17, 15) is 14.9 Å². The number of hydrogen-bond acceptors (Lipinski definition) is 7. The number of hydrogen-bond donors (Lipinski definition) is 0. The van der Waals surface area contributed by atoms with Crippen molar-refractivity contribution in [2.24, 2.45) is 0 Å². The maximum Gasteiger partial charge on any atom is 0.340 e. The standard InChI is InChI=1S/C23H27N3O4S/c1-14-10-17(15(2)26(14)8-5-9-29-3)21(27)13-30-23(28)18-11-20(16-6-7-16)25-22(31-4)19(18)12-24/h10-11,16H,5-9,13H2,1-4H3. The van der Waals surface area contributed by atoms with Gasteiger partial charge in [-0.2, -0.15) is 5.26 Å². The van der Waals surface area contributed by atoms with Crippen molar-refractivity contribution in [2.75, 3.05) is 26.6 Å². The first kappa shape index (κ1) is 23.0. The summed E-state index contributed by atoms with van der Waals surface area (Å²) in [5.41, 5.74) is 3.55. The fourth-order valence-electron chi connectivity index (χ4n) is 3.63. The van der Waals surface area contributed by atoms with Gasteiger partial charge in [0.25, 0.3) is 0 Å². The summed E-state index contributed by atoms with van der Waals surface area (Å²) in [5, 5.41) is 10.1. The molecule has 0 aliphatic heterocycles. The van der Waals surface area contributed by atoms with Gasteiger partial charge in [-0.3, -0.25) is 4.79 Å². The van der Waals surface area contributed by atoms with Crippen LogP contribution in [0.1, 0.15) is 68.5 Å². The Morgan fingerprint density at radius 1 is 1.29 bits per heavy atom. The number of thioether (sulfide) groups is 1. The Kier molecular flexibility index (Phi) is 7.52. The minimum atomic E-state index is -0.668. The van der Waals surface area contributed by atoms with Crippen LogP contribution in [0.15, 0.2) is 17.2 Å². The van der Waals surface area contributed by atoms with Crippen molar-refractivity contribution in [3.63, 3.8) is 0 Å². The zero-order valence-electron chi connectivity index (χ0n) is 18.4. The van der Waals surface area contributed by atoms with Crippen molar-refractivity contribution in [2.45, 2.75) is 50.6 Å². The lowest BCUT2D eigenvalue weighted by atomic mass is 10.1. The molecule has 0 saturated heterocycles. The quantitative estimate of drug-likeness (QED) is 0.238. The van der Waals surface area contributed by atoms with E-state index in [0.29, 0.717) is 23.1 Å². The van der Waals surface area contributed by atoms with Crippen LogP contribution in [-0.4, -0.2) is 47.9 Å². The first-order chi connectivity index (χ1) is 14.9. The molecule has 2 aromatic rings. The summed E-state index contributed by atoms with van der Waals surface area (Å²) < 4.78 is 12.5. The highest BCUT2D eigenvalue weighted by Gasteiger charge is 2.29. The van der Waals surface area contributed by atoms with E-state index in [4.69, 9.17) is 9.47 Å². The van der Waals surface area contributed by atoms with Gasteiger partial charge in [0.1, 0.15) is 11.1 Å². The summed E-state index contributed by atoms with van der Waals surface area (Å²) >= 11 is 1.33. The number of ether oxygens (including phenoxy) is 2. The number of ketones is 1. The van der Waals surface area contributed by atoms with E-state index in [-0.39, 0.29) is 23.5 Å². The van der Waals surface area contributed by atoms with Crippen molar-refractivity contribution in [3.8, 4) is 6.07 Å². The average molecular weight is 442 g/mol. The number of nitrogens with zero attached hydrogens (tertiary/aromatic N) is 3. The molecule has 0 spiro atoms. The topological polar surface area (TPSA) is 94.2 Å². The second-order valence-corrected chi connectivity index (χ2v) is 8.44. The summed E-state index contributed by atoms with van der Waals surface area (Å²) in [4.78, 5) is 30.1. The molecular weight excluding hydrogens is 414 g/mol. The fraction of sp³-hybridized carbons (Fsp3) is 0.478. The van der Waals surface area contributed by atoms with Crippen LogP contribution >= 0.6 is 11.8 Å². The van der Waals surface area contributed by atoms with Gasteiger partial charge in [0, 0.05) is 48.8 Å². The van der Waals surface area contributed by atoms with Crippen LogP contribution in [0.2, 0.25) is 0 Å². The molecule has 1 saturated carbocycles. The zero-order chi connectivity index (χ0) is 22.5. The van der Waals surface area contributed by atoms with Gasteiger partial charge < -0.3 is 14.0 Å². The molecule has 0 amide bonds. The molecule has 0 unspecified atom stereocenters. The number of pyridine rings is 1. The van der Waals surface area contributed by atoms with Crippen LogP contribution in [0, 0.1) is 25.2 Å². The van der Waals surface area contributed by atoms with Gasteiger partial charge in [0.15, 0.2) is 6.61 Å². The third kappa shape index (κ3) is 5.17. The van der Waals surface area contributed by atoms with Crippen molar-refractivity contribution in [3.05, 3.63) is 45.9 Å². The molecule has 0 N–H and O–H groups in total. The van der Waals surface area contributed by atoms with E-state index in [1.165, 1.54) is 11.8 Å². The number of carbonyl (C=O) groups is 2. The highest BCUT2D eigenvalue weighted by Crippen LogP contribution is 2.40. The number of carbonyl (C=O) groups excluding carboxylic acids is 2. The molecule has 2 heterocycles. The van der Waals surface area contributed by atoms with Crippen molar-refractivity contribution in [1.82, 2.24) is 9.55 Å². The van der Waals surface area contributed by atoms with Crippen LogP contribution in [0.4, 0.5) is 0 Å². The molecule has 8 heteroatoms. The molecule has 1 aliphatic rings. The van der Waals surface area contributed by atoms with E-state index in [1.54, 1.807) is 13.2 Å². The first-order valence-corrected chi connectivity index (χ1v) is 11.5. The Morgan fingerprint density at radius 2 is 2.03 bits per heavy atom. The summed E-state index contributed by atoms with van der Waals surface area (Å²) in [7, 11) is 1.66. The van der Waals surface area contributed by atoms with E-state index in [2.05, 4.69) is 15.6 Å². The Balaban J connectivity index is 1.74. The largest absolute Gasteiger partial charge is 0.454 e. The number of rotatable bonds is 10. The number of methoxy groups -OCH3 is 1. The van der Waals surface area contributed by atoms with Gasteiger partial charge in [0.2, 0.25) is 5.78 Å². The van der Waals surface area contributed by atoms with Crippen LogP contribution in [0.5, 0.6) is 0 Å². The predicted molar refractivity (Wildman–Crippen MR) is 118 cm³/mol. The fourth-order valence-corrected chi connectivity index (χ4v) is 4.18. The molecule has 0 bridgehead atoms. The first-order valence-electron chi connectivity index (χ1n) is 10.3. The van der Waals surface area contributed by atoms with Crippen LogP contribution in [0.3, 0.4) is 0 Å². The highest BCUT2D eigenvalue weighted by molar-refractivity contribution is 7.98. The SMILES string of the molecule is COCCCn1c(C)cc(C(=O)COC(=O)c2cc(C3CC3)nc(SC)c2C#N)c1C. The monoisotopic (exact) mass is 441 g/mol. The van der Waals surface area contributed by atoms with E-state index in [0.717, 1.165) is 42.9 Å². The molecule has 1 aliphatic carbocycles. The van der Waals surface area contributed by atoms with E-state index >= 15 is 0 Å². The number of aromatic nitrogens is 2. The normalized spacial score (nSPS) is 13.1. The van der Waals surface area contributed by atoms with Crippen LogP contribution in [0.25, 0.3) is 0 Å². The molecule has 1 fully saturated rings. The highest BCUT2D eigenvalue weighted by atomic mass is 32.2. The number of nitriles is 1. The molecule has 0 radical (unpaired) electrons.